The van der Waals surface area contributed by atoms with E-state index in [1.54, 1.807) is 12.1 Å². The molecule has 0 aliphatic rings. The van der Waals surface area contributed by atoms with E-state index in [0.29, 0.717) is 31.2 Å². The summed E-state index contributed by atoms with van der Waals surface area (Å²) in [5.74, 6) is -7.55. The molecule has 0 unspecified atom stereocenters. The number of allylic oxidation sites excluding steroid dienone is 1. The van der Waals surface area contributed by atoms with Crippen LogP contribution in [0.2, 0.25) is 0 Å². The quantitative estimate of drug-likeness (QED) is 0.0545. The van der Waals surface area contributed by atoms with Gasteiger partial charge >= 0.3 is 17.9 Å². The minimum atomic E-state index is -2.99. The summed E-state index contributed by atoms with van der Waals surface area (Å²) in [6, 6.07) is 5.94. The maximum absolute atomic E-state index is 13.3. The summed E-state index contributed by atoms with van der Waals surface area (Å²) in [7, 11) is 0. The van der Waals surface area contributed by atoms with Crippen molar-refractivity contribution in [2.45, 2.75) is 141 Å². The van der Waals surface area contributed by atoms with Crippen LogP contribution in [-0.4, -0.2) is 61.7 Å². The highest BCUT2D eigenvalue weighted by Crippen LogP contribution is 2.26. The second-order valence-corrected chi connectivity index (χ2v) is 12.2. The number of carboxylic acid groups (broad SMARTS) is 3. The molecule has 0 heterocycles. The Morgan fingerprint density at radius 1 is 0.761 bits per heavy atom. The predicted octanol–water partition coefficient (Wildman–Crippen LogP) is 6.26. The van der Waals surface area contributed by atoms with Gasteiger partial charge in [0.2, 0.25) is 5.91 Å². The van der Waals surface area contributed by atoms with Gasteiger partial charge in [-0.05, 0) is 49.7 Å². The Hall–Kier alpha value is -3.53. The number of amides is 1. The minimum absolute atomic E-state index is 0.0848. The molecule has 10 heteroatoms. The second-order valence-electron chi connectivity index (χ2n) is 12.2. The Labute approximate surface area is 273 Å². The van der Waals surface area contributed by atoms with Crippen LogP contribution in [0.25, 0.3) is 0 Å². The highest BCUT2D eigenvalue weighted by atomic mass is 16.4. The number of aliphatic carboxylic acids is 3. The van der Waals surface area contributed by atoms with Gasteiger partial charge in [0.25, 0.3) is 0 Å². The van der Waals surface area contributed by atoms with Crippen molar-refractivity contribution >= 4 is 29.6 Å². The number of hydrogen-bond donors (Lipinski definition) is 5. The van der Waals surface area contributed by atoms with Crippen LogP contribution in [-0.2, 0) is 36.8 Å². The molecule has 0 fully saturated rings. The molecular weight excluding hydrogens is 590 g/mol. The molecule has 1 rings (SSSR count). The van der Waals surface area contributed by atoms with Gasteiger partial charge in [0.1, 0.15) is 11.8 Å². The molecule has 258 valence electrons. The highest BCUT2D eigenvalue weighted by Gasteiger charge is 2.49. The zero-order chi connectivity index (χ0) is 34.4. The average Bonchev–Trinajstić information content (AvgIpc) is 3.00. The molecule has 5 N–H and O–H groups in total. The first-order valence-corrected chi connectivity index (χ1v) is 16.9. The fourth-order valence-electron chi connectivity index (χ4n) is 5.35. The summed E-state index contributed by atoms with van der Waals surface area (Å²) in [5.41, 5.74) is -1.24. The third-order valence-corrected chi connectivity index (χ3v) is 8.20. The SMILES string of the molecule is CCCCCCCC(=O)CCCCCC/C=C/[C@@H](C(=O)N[C@@H](Cc1ccc(CCCCC)cc1)C(=O)O)[C@@](O)(CC(=O)O)C(=O)O. The molecule has 0 spiro atoms. The number of carbonyl (C=O) groups is 5. The lowest BCUT2D eigenvalue weighted by molar-refractivity contribution is -0.172. The Bertz CT molecular complexity index is 1110. The topological polar surface area (TPSA) is 178 Å². The van der Waals surface area contributed by atoms with Crippen LogP contribution in [0.4, 0.5) is 0 Å². The van der Waals surface area contributed by atoms with Crippen molar-refractivity contribution in [3.8, 4) is 0 Å². The van der Waals surface area contributed by atoms with Crippen LogP contribution in [0.1, 0.15) is 128 Å². The number of Topliss-reactive ketones (excluding diaryl/α,β-unsaturated/α-hetero) is 1. The maximum Gasteiger partial charge on any atom is 0.337 e. The fraction of sp³-hybridized carbons (Fsp3) is 0.639. The summed E-state index contributed by atoms with van der Waals surface area (Å²) < 4.78 is 0. The van der Waals surface area contributed by atoms with E-state index in [4.69, 9.17) is 0 Å². The van der Waals surface area contributed by atoms with Crippen LogP contribution in [0.3, 0.4) is 0 Å². The molecule has 0 aromatic heterocycles. The van der Waals surface area contributed by atoms with E-state index >= 15 is 0 Å². The molecule has 10 nitrogen and oxygen atoms in total. The number of carbonyl (C=O) groups excluding carboxylic acids is 2. The van der Waals surface area contributed by atoms with Crippen molar-refractivity contribution in [2.24, 2.45) is 5.92 Å². The number of ketones is 1. The van der Waals surface area contributed by atoms with Crippen molar-refractivity contribution in [1.82, 2.24) is 5.32 Å². The van der Waals surface area contributed by atoms with Gasteiger partial charge in [-0.15, -0.1) is 0 Å². The number of hydrogen-bond acceptors (Lipinski definition) is 6. The molecule has 1 aromatic carbocycles. The van der Waals surface area contributed by atoms with E-state index in [2.05, 4.69) is 19.2 Å². The molecule has 0 saturated heterocycles. The van der Waals surface area contributed by atoms with Gasteiger partial charge in [-0.3, -0.25) is 14.4 Å². The summed E-state index contributed by atoms with van der Waals surface area (Å²) in [6.45, 7) is 4.27. The summed E-state index contributed by atoms with van der Waals surface area (Å²) in [4.78, 5) is 60.9. The Balaban J connectivity index is 2.81. The second kappa shape index (κ2) is 22.9. The van der Waals surface area contributed by atoms with Crippen molar-refractivity contribution in [1.29, 1.82) is 0 Å². The van der Waals surface area contributed by atoms with Crippen molar-refractivity contribution in [2.75, 3.05) is 0 Å². The van der Waals surface area contributed by atoms with Crippen molar-refractivity contribution < 1.29 is 44.4 Å². The third-order valence-electron chi connectivity index (χ3n) is 8.20. The van der Waals surface area contributed by atoms with Gasteiger partial charge in [-0.2, -0.15) is 0 Å². The molecule has 1 amide bonds. The fourth-order valence-corrected chi connectivity index (χ4v) is 5.35. The zero-order valence-corrected chi connectivity index (χ0v) is 27.7. The third kappa shape index (κ3) is 16.2. The molecule has 1 aromatic rings. The Morgan fingerprint density at radius 2 is 1.30 bits per heavy atom. The minimum Gasteiger partial charge on any atom is -0.481 e. The smallest absolute Gasteiger partial charge is 0.337 e. The van der Waals surface area contributed by atoms with Gasteiger partial charge in [-0.1, -0.05) is 102 Å². The lowest BCUT2D eigenvalue weighted by Gasteiger charge is -2.29. The summed E-state index contributed by atoms with van der Waals surface area (Å²) in [6.07, 6.45) is 15.7. The first-order valence-electron chi connectivity index (χ1n) is 16.9. The van der Waals surface area contributed by atoms with Crippen LogP contribution in [0.15, 0.2) is 36.4 Å². The van der Waals surface area contributed by atoms with Gasteiger partial charge in [0, 0.05) is 19.3 Å². The average molecular weight is 646 g/mol. The lowest BCUT2D eigenvalue weighted by Crippen LogP contribution is -2.55. The molecule has 0 bridgehead atoms. The molecule has 46 heavy (non-hydrogen) atoms. The monoisotopic (exact) mass is 645 g/mol. The van der Waals surface area contributed by atoms with Crippen molar-refractivity contribution in [3.63, 3.8) is 0 Å². The molecule has 0 saturated carbocycles. The highest BCUT2D eigenvalue weighted by molar-refractivity contribution is 5.94. The molecule has 3 atom stereocenters. The molecule has 0 radical (unpaired) electrons. The largest absolute Gasteiger partial charge is 0.481 e. The van der Waals surface area contributed by atoms with Gasteiger partial charge in [0.15, 0.2) is 5.60 Å². The number of nitrogens with one attached hydrogen (secondary N) is 1. The summed E-state index contributed by atoms with van der Waals surface area (Å²) in [5, 5.41) is 42.1. The van der Waals surface area contributed by atoms with Crippen LogP contribution in [0.5, 0.6) is 0 Å². The standard InChI is InChI=1S/C36H55NO9/c1-3-5-7-10-14-18-29(38)19-15-11-8-9-12-16-20-30(36(46,35(44)45)26-32(39)40)33(41)37-31(34(42)43)25-28-23-21-27(22-24-28)17-13-6-4-2/h16,20-24,30-31,46H,3-15,17-19,25-26H2,1-2H3,(H,37,41)(H,39,40)(H,42,43)(H,44,45)/b20-16+/t30-,31-,36-/m0/s1. The number of rotatable bonds is 27. The van der Waals surface area contributed by atoms with E-state index in [1.165, 1.54) is 18.9 Å². The number of aryl methyl sites for hydroxylation is 1. The Kier molecular flexibility index (Phi) is 20.2. The number of benzene rings is 1. The van der Waals surface area contributed by atoms with Crippen LogP contribution >= 0.6 is 0 Å². The van der Waals surface area contributed by atoms with Crippen molar-refractivity contribution in [3.05, 3.63) is 47.5 Å². The van der Waals surface area contributed by atoms with E-state index in [-0.39, 0.29) is 12.2 Å². The molecule has 0 aliphatic carbocycles. The number of aliphatic hydroxyl groups is 1. The predicted molar refractivity (Wildman–Crippen MR) is 176 cm³/mol. The molecular formula is C36H55NO9. The zero-order valence-electron chi connectivity index (χ0n) is 27.7. The van der Waals surface area contributed by atoms with E-state index in [1.807, 2.05) is 12.1 Å². The first-order chi connectivity index (χ1) is 21.9. The molecule has 0 aliphatic heterocycles. The normalized spacial score (nSPS) is 14.0. The summed E-state index contributed by atoms with van der Waals surface area (Å²) >= 11 is 0. The number of carboxylic acids is 3. The maximum atomic E-state index is 13.3. The van der Waals surface area contributed by atoms with Gasteiger partial charge < -0.3 is 25.7 Å². The first kappa shape index (κ1) is 40.5. The van der Waals surface area contributed by atoms with Crippen LogP contribution < -0.4 is 5.32 Å². The van der Waals surface area contributed by atoms with Crippen LogP contribution in [0, 0.1) is 5.92 Å². The van der Waals surface area contributed by atoms with E-state index in [0.717, 1.165) is 75.8 Å². The Morgan fingerprint density at radius 3 is 1.85 bits per heavy atom. The van der Waals surface area contributed by atoms with E-state index < -0.39 is 47.8 Å². The number of unbranched alkanes of at least 4 members (excludes halogenated alkanes) is 10. The van der Waals surface area contributed by atoms with Gasteiger partial charge in [0.05, 0.1) is 12.3 Å². The van der Waals surface area contributed by atoms with Gasteiger partial charge in [-0.25, -0.2) is 9.59 Å². The van der Waals surface area contributed by atoms with E-state index in [9.17, 15) is 44.4 Å². The lowest BCUT2D eigenvalue weighted by atomic mass is 9.82.